The van der Waals surface area contributed by atoms with Crippen LogP contribution < -0.4 is 4.74 Å². The first kappa shape index (κ1) is 14.4. The van der Waals surface area contributed by atoms with Crippen molar-refractivity contribution in [1.29, 1.82) is 0 Å². The van der Waals surface area contributed by atoms with Crippen LogP contribution in [0.2, 0.25) is 0 Å². The molecule has 19 heavy (non-hydrogen) atoms. The molecule has 1 aromatic carbocycles. The van der Waals surface area contributed by atoms with E-state index in [0.29, 0.717) is 6.61 Å². The van der Waals surface area contributed by atoms with Crippen molar-refractivity contribution in [1.82, 2.24) is 4.90 Å². The fourth-order valence-corrected chi connectivity index (χ4v) is 2.43. The average Bonchev–Trinajstić information content (AvgIpc) is 3.11. The third kappa shape index (κ3) is 4.22. The third-order valence-electron chi connectivity index (χ3n) is 3.65. The molecule has 1 saturated carbocycles. The lowest BCUT2D eigenvalue weighted by Gasteiger charge is -2.22. The normalized spacial score (nSPS) is 16.9. The molecule has 1 fully saturated rings. The van der Waals surface area contributed by atoms with Crippen molar-refractivity contribution in [3.63, 3.8) is 0 Å². The van der Waals surface area contributed by atoms with Gasteiger partial charge in [-0.25, -0.2) is 0 Å². The molecule has 1 aromatic rings. The number of hydrogen-bond donors (Lipinski definition) is 1. The number of aliphatic hydroxyl groups is 1. The third-order valence-corrected chi connectivity index (χ3v) is 3.65. The number of aliphatic hydroxyl groups excluding tert-OH is 1. The Morgan fingerprint density at radius 2 is 1.89 bits per heavy atom. The number of ether oxygens (including phenoxy) is 1. The molecule has 1 aliphatic rings. The van der Waals surface area contributed by atoms with Gasteiger partial charge in [-0.1, -0.05) is 12.1 Å². The molecule has 0 heterocycles. The van der Waals surface area contributed by atoms with E-state index in [1.165, 1.54) is 5.56 Å². The van der Waals surface area contributed by atoms with Gasteiger partial charge in [-0.2, -0.15) is 0 Å². The second-order valence-corrected chi connectivity index (χ2v) is 6.14. The van der Waals surface area contributed by atoms with Gasteiger partial charge < -0.3 is 14.7 Å². The van der Waals surface area contributed by atoms with Crippen molar-refractivity contribution < 1.29 is 9.84 Å². The van der Waals surface area contributed by atoms with Crippen LogP contribution in [0.25, 0.3) is 0 Å². The van der Waals surface area contributed by atoms with Gasteiger partial charge in [0.2, 0.25) is 0 Å². The van der Waals surface area contributed by atoms with Crippen LogP contribution in [0, 0.1) is 5.41 Å². The summed E-state index contributed by atoms with van der Waals surface area (Å²) in [6.07, 6.45) is 2.54. The zero-order chi connectivity index (χ0) is 13.9. The molecule has 0 saturated heterocycles. The van der Waals surface area contributed by atoms with Crippen molar-refractivity contribution in [2.24, 2.45) is 5.41 Å². The second kappa shape index (κ2) is 5.93. The average molecular weight is 263 g/mol. The van der Waals surface area contributed by atoms with Gasteiger partial charge in [-0.3, -0.25) is 0 Å². The first-order valence-corrected chi connectivity index (χ1v) is 7.08. The Morgan fingerprint density at radius 3 is 2.37 bits per heavy atom. The molecule has 1 N–H and O–H groups in total. The monoisotopic (exact) mass is 263 g/mol. The van der Waals surface area contributed by atoms with Crippen molar-refractivity contribution in [2.75, 3.05) is 20.2 Å². The molecule has 3 nitrogen and oxygen atoms in total. The maximum Gasteiger partial charge on any atom is 0.119 e. The lowest BCUT2D eigenvalue weighted by atomic mass is 10.1. The number of benzene rings is 1. The molecule has 106 valence electrons. The van der Waals surface area contributed by atoms with Crippen LogP contribution in [0.5, 0.6) is 5.75 Å². The lowest BCUT2D eigenvalue weighted by molar-refractivity contribution is 0.161. The standard InChI is InChI=1S/C16H25NO2/c1-13(2)19-15-6-4-14(5-7-15)10-17(3)11-16(12-18)8-9-16/h4-7,13,18H,8-12H2,1-3H3. The first-order chi connectivity index (χ1) is 9.03. The first-order valence-electron chi connectivity index (χ1n) is 7.08. The van der Waals surface area contributed by atoms with E-state index in [4.69, 9.17) is 4.74 Å². The van der Waals surface area contributed by atoms with Crippen LogP contribution in [0.15, 0.2) is 24.3 Å². The number of hydrogen-bond acceptors (Lipinski definition) is 3. The fourth-order valence-electron chi connectivity index (χ4n) is 2.43. The highest BCUT2D eigenvalue weighted by atomic mass is 16.5. The van der Waals surface area contributed by atoms with Gasteiger partial charge in [0.25, 0.3) is 0 Å². The van der Waals surface area contributed by atoms with Gasteiger partial charge in [0.1, 0.15) is 5.75 Å². The molecular weight excluding hydrogens is 238 g/mol. The lowest BCUT2D eigenvalue weighted by Crippen LogP contribution is -2.28. The molecule has 0 bridgehead atoms. The Kier molecular flexibility index (Phi) is 4.48. The molecule has 0 atom stereocenters. The van der Waals surface area contributed by atoms with Crippen LogP contribution in [0.4, 0.5) is 0 Å². The van der Waals surface area contributed by atoms with Crippen LogP contribution in [-0.4, -0.2) is 36.3 Å². The van der Waals surface area contributed by atoms with Gasteiger partial charge in [0, 0.05) is 25.1 Å². The minimum absolute atomic E-state index is 0.190. The predicted molar refractivity (Wildman–Crippen MR) is 77.3 cm³/mol. The maximum atomic E-state index is 9.35. The minimum Gasteiger partial charge on any atom is -0.491 e. The summed E-state index contributed by atoms with van der Waals surface area (Å²) in [6.45, 7) is 6.29. The van der Waals surface area contributed by atoms with Crippen LogP contribution in [-0.2, 0) is 6.54 Å². The van der Waals surface area contributed by atoms with E-state index in [9.17, 15) is 5.11 Å². The quantitative estimate of drug-likeness (QED) is 0.821. The van der Waals surface area contributed by atoms with E-state index in [2.05, 4.69) is 24.1 Å². The van der Waals surface area contributed by atoms with Gasteiger partial charge in [0.15, 0.2) is 0 Å². The highest BCUT2D eigenvalue weighted by molar-refractivity contribution is 5.27. The summed E-state index contributed by atoms with van der Waals surface area (Å²) < 4.78 is 5.64. The Balaban J connectivity index is 1.85. The number of nitrogens with zero attached hydrogens (tertiary/aromatic N) is 1. The molecular formula is C16H25NO2. The van der Waals surface area contributed by atoms with Crippen molar-refractivity contribution in [3.8, 4) is 5.75 Å². The Bertz CT molecular complexity index is 396. The Labute approximate surface area is 116 Å². The zero-order valence-corrected chi connectivity index (χ0v) is 12.2. The predicted octanol–water partition coefficient (Wildman–Crippen LogP) is 2.68. The molecule has 2 rings (SSSR count). The molecule has 0 radical (unpaired) electrons. The van der Waals surface area contributed by atoms with Gasteiger partial charge in [-0.05, 0) is 51.4 Å². The molecule has 0 unspecified atom stereocenters. The molecule has 0 amide bonds. The van der Waals surface area contributed by atoms with E-state index < -0.39 is 0 Å². The highest BCUT2D eigenvalue weighted by Gasteiger charge is 2.42. The summed E-state index contributed by atoms with van der Waals surface area (Å²) in [7, 11) is 2.12. The highest BCUT2D eigenvalue weighted by Crippen LogP contribution is 2.45. The van der Waals surface area contributed by atoms with Crippen LogP contribution in [0.1, 0.15) is 32.3 Å². The fraction of sp³-hybridized carbons (Fsp3) is 0.625. The van der Waals surface area contributed by atoms with Gasteiger partial charge >= 0.3 is 0 Å². The minimum atomic E-state index is 0.190. The van der Waals surface area contributed by atoms with E-state index in [1.54, 1.807) is 0 Å². The second-order valence-electron chi connectivity index (χ2n) is 6.14. The summed E-state index contributed by atoms with van der Waals surface area (Å²) in [5.74, 6) is 0.926. The van der Waals surface area contributed by atoms with Crippen LogP contribution in [0.3, 0.4) is 0 Å². The Hall–Kier alpha value is -1.06. The smallest absolute Gasteiger partial charge is 0.119 e. The summed E-state index contributed by atoms with van der Waals surface area (Å²) in [5.41, 5.74) is 1.47. The van der Waals surface area contributed by atoms with Crippen molar-refractivity contribution >= 4 is 0 Å². The summed E-state index contributed by atoms with van der Waals surface area (Å²) >= 11 is 0. The van der Waals surface area contributed by atoms with E-state index >= 15 is 0 Å². The number of rotatable bonds is 7. The van der Waals surface area contributed by atoms with E-state index in [1.807, 2.05) is 26.0 Å². The van der Waals surface area contributed by atoms with E-state index in [0.717, 1.165) is 31.7 Å². The molecule has 3 heteroatoms. The molecule has 0 spiro atoms. The molecule has 0 aliphatic heterocycles. The summed E-state index contributed by atoms with van der Waals surface area (Å²) in [4.78, 5) is 2.29. The summed E-state index contributed by atoms with van der Waals surface area (Å²) in [6, 6.07) is 8.30. The van der Waals surface area contributed by atoms with E-state index in [-0.39, 0.29) is 11.5 Å². The zero-order valence-electron chi connectivity index (χ0n) is 12.2. The van der Waals surface area contributed by atoms with Gasteiger partial charge in [0.05, 0.1) is 6.10 Å². The molecule has 0 aromatic heterocycles. The maximum absolute atomic E-state index is 9.35. The Morgan fingerprint density at radius 1 is 1.26 bits per heavy atom. The summed E-state index contributed by atoms with van der Waals surface area (Å²) in [5, 5.41) is 9.35. The SMILES string of the molecule is CC(C)Oc1ccc(CN(C)CC2(CO)CC2)cc1. The van der Waals surface area contributed by atoms with Crippen molar-refractivity contribution in [3.05, 3.63) is 29.8 Å². The largest absolute Gasteiger partial charge is 0.491 e. The van der Waals surface area contributed by atoms with Crippen LogP contribution >= 0.6 is 0 Å². The topological polar surface area (TPSA) is 32.7 Å². The van der Waals surface area contributed by atoms with Gasteiger partial charge in [-0.15, -0.1) is 0 Å². The van der Waals surface area contributed by atoms with Crippen molar-refractivity contribution in [2.45, 2.75) is 39.3 Å². The molecule has 1 aliphatic carbocycles.